The molecule has 12 nitrogen and oxygen atoms in total. The van der Waals surface area contributed by atoms with Crippen molar-refractivity contribution in [3.8, 4) is 29.0 Å². The maximum absolute atomic E-state index is 12.6. The van der Waals surface area contributed by atoms with Crippen molar-refractivity contribution in [2.45, 2.75) is 33.7 Å². The molecule has 196 valence electrons. The highest BCUT2D eigenvalue weighted by molar-refractivity contribution is 5.96. The van der Waals surface area contributed by atoms with Gasteiger partial charge < -0.3 is 10.6 Å². The van der Waals surface area contributed by atoms with Crippen LogP contribution >= 0.6 is 0 Å². The largest absolute Gasteiger partial charge is 0.309 e. The highest BCUT2D eigenvalue weighted by atomic mass is 16.2. The van der Waals surface area contributed by atoms with E-state index in [-0.39, 0.29) is 5.91 Å². The lowest BCUT2D eigenvalue weighted by Crippen LogP contribution is -2.35. The van der Waals surface area contributed by atoms with Crippen molar-refractivity contribution in [2.75, 3.05) is 12.4 Å². The average molecular weight is 522 g/mol. The first-order valence-corrected chi connectivity index (χ1v) is 12.3. The number of amides is 1. The van der Waals surface area contributed by atoms with Gasteiger partial charge >= 0.3 is 0 Å². The molecule has 0 bridgehead atoms. The lowest BCUT2D eigenvalue weighted by atomic mass is 10.1. The van der Waals surface area contributed by atoms with Gasteiger partial charge in [0.05, 0.1) is 28.4 Å². The highest BCUT2D eigenvalue weighted by Gasteiger charge is 2.18. The van der Waals surface area contributed by atoms with Gasteiger partial charge in [-0.3, -0.25) is 14.0 Å². The number of aromatic nitrogens is 9. The molecule has 0 fully saturated rings. The van der Waals surface area contributed by atoms with Crippen molar-refractivity contribution in [1.82, 2.24) is 49.6 Å². The van der Waals surface area contributed by atoms with Gasteiger partial charge in [0, 0.05) is 36.9 Å². The number of nitrogens with zero attached hydrogens (tertiary/aromatic N) is 9. The molecule has 0 aliphatic carbocycles. The first-order valence-electron chi connectivity index (χ1n) is 12.3. The minimum Gasteiger partial charge on any atom is -0.309 e. The van der Waals surface area contributed by atoms with E-state index in [1.165, 1.54) is 0 Å². The van der Waals surface area contributed by atoms with Gasteiger partial charge in [-0.1, -0.05) is 5.92 Å². The quantitative estimate of drug-likeness (QED) is 0.333. The number of carbonyl (C=O) groups excluding carboxylic acids is 1. The lowest BCUT2D eigenvalue weighted by molar-refractivity contribution is -0.117. The van der Waals surface area contributed by atoms with Crippen LogP contribution < -0.4 is 10.6 Å². The van der Waals surface area contributed by atoms with Gasteiger partial charge in [-0.15, -0.1) is 0 Å². The van der Waals surface area contributed by atoms with Crippen molar-refractivity contribution in [3.05, 3.63) is 65.5 Å². The van der Waals surface area contributed by atoms with Gasteiger partial charge in [-0.2, -0.15) is 5.10 Å². The SMILES string of the molecule is CNC(C)C(=O)Nc1cc(-c2nc(C)nc3nn(C)c(C)c23)cc(C#Cc2cnc(-n3cnc(C)c3)nc2)n1. The number of anilines is 1. The van der Waals surface area contributed by atoms with E-state index >= 15 is 0 Å². The Morgan fingerprint density at radius 3 is 2.49 bits per heavy atom. The lowest BCUT2D eigenvalue weighted by Gasteiger charge is -2.12. The van der Waals surface area contributed by atoms with Crippen molar-refractivity contribution in [2.24, 2.45) is 7.05 Å². The molecule has 0 aliphatic rings. The van der Waals surface area contributed by atoms with Crippen LogP contribution in [0.3, 0.4) is 0 Å². The second-order valence-corrected chi connectivity index (χ2v) is 9.10. The minimum atomic E-state index is -0.409. The Bertz CT molecular complexity index is 1760. The first kappa shape index (κ1) is 25.6. The van der Waals surface area contributed by atoms with Crippen molar-refractivity contribution < 1.29 is 4.79 Å². The molecule has 5 heterocycles. The van der Waals surface area contributed by atoms with Crippen LogP contribution in [0.25, 0.3) is 28.2 Å². The second kappa shape index (κ2) is 10.4. The van der Waals surface area contributed by atoms with E-state index in [2.05, 4.69) is 52.5 Å². The molecule has 39 heavy (non-hydrogen) atoms. The first-order chi connectivity index (χ1) is 18.7. The molecule has 5 aromatic heterocycles. The zero-order chi connectivity index (χ0) is 27.7. The van der Waals surface area contributed by atoms with Gasteiger partial charge in [-0.25, -0.2) is 29.9 Å². The Morgan fingerprint density at radius 1 is 1.03 bits per heavy atom. The third kappa shape index (κ3) is 5.34. The summed E-state index contributed by atoms with van der Waals surface area (Å²) >= 11 is 0. The summed E-state index contributed by atoms with van der Waals surface area (Å²) in [5.41, 5.74) is 4.87. The van der Waals surface area contributed by atoms with Crippen LogP contribution in [0.15, 0.2) is 37.1 Å². The number of hydrogen-bond acceptors (Lipinski definition) is 9. The molecular formula is C27H27N11O. The molecule has 2 N–H and O–H groups in total. The normalized spacial score (nSPS) is 11.7. The van der Waals surface area contributed by atoms with Gasteiger partial charge in [0.15, 0.2) is 5.65 Å². The summed E-state index contributed by atoms with van der Waals surface area (Å²) < 4.78 is 3.51. The van der Waals surface area contributed by atoms with Crippen LogP contribution in [0.1, 0.15) is 35.4 Å². The van der Waals surface area contributed by atoms with E-state index in [4.69, 9.17) is 4.98 Å². The van der Waals surface area contributed by atoms with Crippen molar-refractivity contribution in [3.63, 3.8) is 0 Å². The van der Waals surface area contributed by atoms with Crippen LogP contribution in [-0.2, 0) is 11.8 Å². The average Bonchev–Trinajstić information content (AvgIpc) is 3.48. The molecule has 5 rings (SSSR count). The van der Waals surface area contributed by atoms with Crippen LogP contribution in [0, 0.1) is 32.6 Å². The smallest absolute Gasteiger partial charge is 0.242 e. The summed E-state index contributed by atoms with van der Waals surface area (Å²) in [5, 5.41) is 11.2. The maximum atomic E-state index is 12.6. The molecule has 1 amide bonds. The van der Waals surface area contributed by atoms with Crippen LogP contribution in [0.4, 0.5) is 5.82 Å². The predicted octanol–water partition coefficient (Wildman–Crippen LogP) is 2.27. The molecule has 1 unspecified atom stereocenters. The third-order valence-electron chi connectivity index (χ3n) is 6.19. The van der Waals surface area contributed by atoms with E-state index in [0.717, 1.165) is 22.3 Å². The summed E-state index contributed by atoms with van der Waals surface area (Å²) in [4.78, 5) is 39.4. The highest BCUT2D eigenvalue weighted by Crippen LogP contribution is 2.30. The molecule has 0 spiro atoms. The van der Waals surface area contributed by atoms with Crippen LogP contribution in [0.2, 0.25) is 0 Å². The molecule has 1 atom stereocenters. The van der Waals surface area contributed by atoms with Crippen molar-refractivity contribution >= 4 is 22.8 Å². The number of imidazole rings is 1. The fraction of sp³-hybridized carbons (Fsp3) is 0.259. The van der Waals surface area contributed by atoms with Crippen LogP contribution in [0.5, 0.6) is 0 Å². The van der Waals surface area contributed by atoms with Crippen molar-refractivity contribution in [1.29, 1.82) is 0 Å². The number of fused-ring (bicyclic) bond motifs is 1. The van der Waals surface area contributed by atoms with E-state index in [1.54, 1.807) is 48.0 Å². The van der Waals surface area contributed by atoms with Gasteiger partial charge in [-0.05, 0) is 52.8 Å². The topological polar surface area (TPSA) is 141 Å². The minimum absolute atomic E-state index is 0.221. The van der Waals surface area contributed by atoms with Gasteiger partial charge in [0.2, 0.25) is 11.9 Å². The van der Waals surface area contributed by atoms with E-state index < -0.39 is 6.04 Å². The van der Waals surface area contributed by atoms with E-state index in [0.29, 0.717) is 40.2 Å². The number of nitrogens with one attached hydrogen (secondary N) is 2. The number of carbonyl (C=O) groups is 1. The molecular weight excluding hydrogens is 494 g/mol. The molecule has 0 saturated heterocycles. The number of rotatable bonds is 5. The third-order valence-corrected chi connectivity index (χ3v) is 6.19. The standard InChI is InChI=1S/C27H27N11O/c1-15-13-38(14-31-15)27-29-11-19(12-30-27)7-8-21-9-20(10-22(34-21)35-26(39)16(2)28-5)24-23-17(3)37(6)36-25(23)33-18(4)32-24/h9-14,16,28H,1-6H3,(H,34,35,39). The molecule has 12 heteroatoms. The number of pyridine rings is 1. The molecule has 0 radical (unpaired) electrons. The monoisotopic (exact) mass is 521 g/mol. The molecule has 0 saturated carbocycles. The predicted molar refractivity (Wildman–Crippen MR) is 146 cm³/mol. The van der Waals surface area contributed by atoms with E-state index in [9.17, 15) is 4.79 Å². The summed E-state index contributed by atoms with van der Waals surface area (Å²) in [7, 11) is 3.59. The fourth-order valence-corrected chi connectivity index (χ4v) is 3.90. The maximum Gasteiger partial charge on any atom is 0.242 e. The zero-order valence-electron chi connectivity index (χ0n) is 22.5. The molecule has 0 aromatic carbocycles. The number of hydrogen-bond donors (Lipinski definition) is 2. The zero-order valence-corrected chi connectivity index (χ0v) is 22.5. The van der Waals surface area contributed by atoms with Gasteiger partial charge in [0.25, 0.3) is 0 Å². The summed E-state index contributed by atoms with van der Waals surface area (Å²) in [5.74, 6) is 7.37. The Balaban J connectivity index is 1.57. The summed E-state index contributed by atoms with van der Waals surface area (Å²) in [6, 6.07) is 3.21. The Kier molecular flexibility index (Phi) is 6.83. The molecule has 0 aliphatic heterocycles. The summed E-state index contributed by atoms with van der Waals surface area (Å²) in [6.45, 7) is 7.45. The Labute approximate surface area is 225 Å². The number of aryl methyl sites for hydroxylation is 4. The Morgan fingerprint density at radius 2 is 1.79 bits per heavy atom. The van der Waals surface area contributed by atoms with E-state index in [1.807, 2.05) is 40.1 Å². The van der Waals surface area contributed by atoms with Gasteiger partial charge in [0.1, 0.15) is 23.7 Å². The number of likely N-dealkylation sites (N-methyl/N-ethyl adjacent to an activating group) is 1. The second-order valence-electron chi connectivity index (χ2n) is 9.10. The molecule has 5 aromatic rings. The van der Waals surface area contributed by atoms with Crippen LogP contribution in [-0.4, -0.2) is 63.2 Å². The fourth-order valence-electron chi connectivity index (χ4n) is 3.90. The summed E-state index contributed by atoms with van der Waals surface area (Å²) in [6.07, 6.45) is 6.78. The Hall–Kier alpha value is -5.02.